The van der Waals surface area contributed by atoms with Crippen molar-refractivity contribution in [2.45, 2.75) is 26.3 Å². The maximum absolute atomic E-state index is 12.6. The molecule has 22 heavy (non-hydrogen) atoms. The first-order chi connectivity index (χ1) is 10.6. The highest BCUT2D eigenvalue weighted by Gasteiger charge is 2.16. The van der Waals surface area contributed by atoms with Crippen LogP contribution in [0, 0.1) is 0 Å². The minimum Gasteiger partial charge on any atom is -0.493 e. The van der Waals surface area contributed by atoms with Crippen molar-refractivity contribution in [2.24, 2.45) is 0 Å². The number of benzene rings is 2. The lowest BCUT2D eigenvalue weighted by Gasteiger charge is -2.16. The number of hydrogen-bond donors (Lipinski definition) is 1. The van der Waals surface area contributed by atoms with E-state index in [1.54, 1.807) is 6.07 Å². The molecule has 0 saturated carbocycles. The Morgan fingerprint density at radius 3 is 2.64 bits per heavy atom. The third-order valence-corrected chi connectivity index (χ3v) is 3.79. The van der Waals surface area contributed by atoms with Crippen molar-refractivity contribution < 1.29 is 9.53 Å². The second-order valence-corrected chi connectivity index (χ2v) is 6.01. The molecule has 0 aliphatic carbocycles. The van der Waals surface area contributed by atoms with Crippen LogP contribution in [-0.4, -0.2) is 12.5 Å². The Morgan fingerprint density at radius 1 is 1.23 bits per heavy atom. The van der Waals surface area contributed by atoms with Crippen LogP contribution in [-0.2, 0) is 0 Å². The number of hydrogen-bond acceptors (Lipinski definition) is 2. The molecule has 1 N–H and O–H groups in total. The van der Waals surface area contributed by atoms with Gasteiger partial charge in [0.15, 0.2) is 0 Å². The van der Waals surface area contributed by atoms with Crippen LogP contribution in [0.1, 0.15) is 42.2 Å². The van der Waals surface area contributed by atoms with E-state index in [1.807, 2.05) is 56.3 Å². The van der Waals surface area contributed by atoms with Crippen molar-refractivity contribution in [3.63, 3.8) is 0 Å². The molecule has 1 unspecified atom stereocenters. The molecule has 116 valence electrons. The van der Waals surface area contributed by atoms with Gasteiger partial charge in [0.25, 0.3) is 5.91 Å². The maximum atomic E-state index is 12.6. The second kappa shape index (κ2) is 7.99. The number of halogens is 1. The van der Waals surface area contributed by atoms with E-state index in [0.29, 0.717) is 17.9 Å². The van der Waals surface area contributed by atoms with Crippen LogP contribution in [0.5, 0.6) is 5.75 Å². The van der Waals surface area contributed by atoms with Crippen LogP contribution in [0.25, 0.3) is 0 Å². The van der Waals surface area contributed by atoms with E-state index in [4.69, 9.17) is 4.74 Å². The largest absolute Gasteiger partial charge is 0.493 e. The number of carbonyl (C=O) groups is 1. The molecule has 2 rings (SSSR count). The van der Waals surface area contributed by atoms with Gasteiger partial charge in [-0.15, -0.1) is 0 Å². The molecule has 0 radical (unpaired) electrons. The highest BCUT2D eigenvalue weighted by molar-refractivity contribution is 9.10. The first-order valence-electron chi connectivity index (χ1n) is 7.40. The molecule has 0 spiro atoms. The van der Waals surface area contributed by atoms with E-state index < -0.39 is 0 Å². The summed E-state index contributed by atoms with van der Waals surface area (Å²) in [7, 11) is 0. The summed E-state index contributed by atoms with van der Waals surface area (Å²) < 4.78 is 6.52. The lowest BCUT2D eigenvalue weighted by atomic mass is 10.1. The average Bonchev–Trinajstić information content (AvgIpc) is 2.54. The third-order valence-electron chi connectivity index (χ3n) is 3.30. The standard InChI is InChI=1S/C18H20BrNO2/c1-3-11-22-17-10-9-15(19)12-16(17)18(21)20-13(2)14-7-5-4-6-8-14/h4-10,12-13H,3,11H2,1-2H3,(H,20,21). The van der Waals surface area contributed by atoms with Gasteiger partial charge >= 0.3 is 0 Å². The van der Waals surface area contributed by atoms with Crippen molar-refractivity contribution in [1.82, 2.24) is 5.32 Å². The first kappa shape index (κ1) is 16.6. The Bertz CT molecular complexity index is 628. The number of ether oxygens (including phenoxy) is 1. The van der Waals surface area contributed by atoms with Gasteiger partial charge in [0.1, 0.15) is 5.75 Å². The van der Waals surface area contributed by atoms with E-state index in [1.165, 1.54) is 0 Å². The van der Waals surface area contributed by atoms with Crippen LogP contribution < -0.4 is 10.1 Å². The minimum atomic E-state index is -0.135. The molecule has 0 bridgehead atoms. The molecule has 0 aliphatic heterocycles. The predicted octanol–water partition coefficient (Wildman–Crippen LogP) is 4.73. The molecule has 1 atom stereocenters. The van der Waals surface area contributed by atoms with Gasteiger partial charge in [-0.05, 0) is 37.1 Å². The van der Waals surface area contributed by atoms with Gasteiger partial charge < -0.3 is 10.1 Å². The van der Waals surface area contributed by atoms with Crippen molar-refractivity contribution in [3.05, 3.63) is 64.1 Å². The van der Waals surface area contributed by atoms with Crippen LogP contribution in [0.15, 0.2) is 53.0 Å². The number of rotatable bonds is 6. The fourth-order valence-electron chi connectivity index (χ4n) is 2.12. The van der Waals surface area contributed by atoms with Gasteiger partial charge in [0.2, 0.25) is 0 Å². The molecule has 2 aromatic rings. The van der Waals surface area contributed by atoms with Gasteiger partial charge in [-0.2, -0.15) is 0 Å². The fourth-order valence-corrected chi connectivity index (χ4v) is 2.48. The van der Waals surface area contributed by atoms with Gasteiger partial charge in [-0.3, -0.25) is 4.79 Å². The summed E-state index contributed by atoms with van der Waals surface area (Å²) in [6.45, 7) is 4.60. The van der Waals surface area contributed by atoms with Crippen molar-refractivity contribution >= 4 is 21.8 Å². The lowest BCUT2D eigenvalue weighted by Crippen LogP contribution is -2.27. The van der Waals surface area contributed by atoms with Crippen LogP contribution >= 0.6 is 15.9 Å². The monoisotopic (exact) mass is 361 g/mol. The van der Waals surface area contributed by atoms with Gasteiger partial charge in [-0.1, -0.05) is 53.2 Å². The Hall–Kier alpha value is -1.81. The number of carbonyl (C=O) groups excluding carboxylic acids is 1. The molecule has 1 amide bonds. The zero-order valence-corrected chi connectivity index (χ0v) is 14.4. The predicted molar refractivity (Wildman–Crippen MR) is 92.3 cm³/mol. The maximum Gasteiger partial charge on any atom is 0.255 e. The third kappa shape index (κ3) is 4.34. The summed E-state index contributed by atoms with van der Waals surface area (Å²) in [6.07, 6.45) is 0.900. The van der Waals surface area contributed by atoms with Crippen molar-refractivity contribution in [2.75, 3.05) is 6.61 Å². The summed E-state index contributed by atoms with van der Waals surface area (Å²) in [5.41, 5.74) is 1.62. The second-order valence-electron chi connectivity index (χ2n) is 5.09. The zero-order valence-electron chi connectivity index (χ0n) is 12.8. The van der Waals surface area contributed by atoms with Crippen LogP contribution in [0.2, 0.25) is 0 Å². The van der Waals surface area contributed by atoms with E-state index in [9.17, 15) is 4.79 Å². The lowest BCUT2D eigenvalue weighted by molar-refractivity contribution is 0.0935. The van der Waals surface area contributed by atoms with Crippen molar-refractivity contribution in [3.8, 4) is 5.75 Å². The number of nitrogens with one attached hydrogen (secondary N) is 1. The van der Waals surface area contributed by atoms with E-state index >= 15 is 0 Å². The summed E-state index contributed by atoms with van der Waals surface area (Å²) in [6, 6.07) is 15.3. The molecular weight excluding hydrogens is 342 g/mol. The molecule has 4 heteroatoms. The summed E-state index contributed by atoms with van der Waals surface area (Å²) >= 11 is 3.41. The molecule has 0 heterocycles. The van der Waals surface area contributed by atoms with E-state index in [2.05, 4.69) is 21.2 Å². The Morgan fingerprint density at radius 2 is 1.95 bits per heavy atom. The topological polar surface area (TPSA) is 38.3 Å². The number of amides is 1. The van der Waals surface area contributed by atoms with Crippen LogP contribution in [0.4, 0.5) is 0 Å². The average molecular weight is 362 g/mol. The minimum absolute atomic E-state index is 0.0632. The quantitative estimate of drug-likeness (QED) is 0.807. The molecular formula is C18H20BrNO2. The smallest absolute Gasteiger partial charge is 0.255 e. The molecule has 0 fully saturated rings. The van der Waals surface area contributed by atoms with Gasteiger partial charge in [0, 0.05) is 4.47 Å². The Balaban J connectivity index is 2.16. The highest BCUT2D eigenvalue weighted by Crippen LogP contribution is 2.24. The summed E-state index contributed by atoms with van der Waals surface area (Å²) in [5.74, 6) is 0.478. The zero-order chi connectivity index (χ0) is 15.9. The normalized spacial score (nSPS) is 11.8. The Labute approximate surface area is 139 Å². The Kier molecular flexibility index (Phi) is 6.01. The van der Waals surface area contributed by atoms with E-state index in [0.717, 1.165) is 16.5 Å². The van der Waals surface area contributed by atoms with Crippen molar-refractivity contribution in [1.29, 1.82) is 0 Å². The molecule has 0 aromatic heterocycles. The highest BCUT2D eigenvalue weighted by atomic mass is 79.9. The van der Waals surface area contributed by atoms with Gasteiger partial charge in [-0.25, -0.2) is 0 Å². The van der Waals surface area contributed by atoms with Crippen LogP contribution in [0.3, 0.4) is 0 Å². The van der Waals surface area contributed by atoms with Gasteiger partial charge in [0.05, 0.1) is 18.2 Å². The molecule has 0 aliphatic rings. The molecule has 0 saturated heterocycles. The summed E-state index contributed by atoms with van der Waals surface area (Å²) in [5, 5.41) is 3.02. The summed E-state index contributed by atoms with van der Waals surface area (Å²) in [4.78, 5) is 12.6. The molecule has 2 aromatic carbocycles. The SMILES string of the molecule is CCCOc1ccc(Br)cc1C(=O)NC(C)c1ccccc1. The van der Waals surface area contributed by atoms with E-state index in [-0.39, 0.29) is 11.9 Å². The molecule has 3 nitrogen and oxygen atoms in total. The fraction of sp³-hybridized carbons (Fsp3) is 0.278. The first-order valence-corrected chi connectivity index (χ1v) is 8.19.